The van der Waals surface area contributed by atoms with Gasteiger partial charge in [-0.05, 0) is 56.0 Å². The minimum Gasteiger partial charge on any atom is -0.480 e. The lowest BCUT2D eigenvalue weighted by molar-refractivity contribution is -0.143. The summed E-state index contributed by atoms with van der Waals surface area (Å²) in [6.45, 7) is 9.52. The zero-order valence-electron chi connectivity index (χ0n) is 15.9. The molecule has 0 spiro atoms. The second kappa shape index (κ2) is 7.92. The molecule has 4 nitrogen and oxygen atoms in total. The summed E-state index contributed by atoms with van der Waals surface area (Å²) in [5.74, 6) is -0.725. The molecule has 0 amide bonds. The molecule has 0 saturated carbocycles. The number of aryl methyl sites for hydroxylation is 3. The molecule has 1 aliphatic heterocycles. The molecular weight excluding hydrogens is 324 g/mol. The summed E-state index contributed by atoms with van der Waals surface area (Å²) in [4.78, 5) is 16.4. The van der Waals surface area contributed by atoms with E-state index in [4.69, 9.17) is 0 Å². The summed E-state index contributed by atoms with van der Waals surface area (Å²) < 4.78 is 0. The van der Waals surface area contributed by atoms with Gasteiger partial charge in [0, 0.05) is 31.9 Å². The van der Waals surface area contributed by atoms with Crippen molar-refractivity contribution in [1.29, 1.82) is 0 Å². The SMILES string of the molecule is Cc1cc(C)c(C[C@@H](C(=O)O)N2CCN(c3ccccc3)CC2)c(C)c1. The first kappa shape index (κ1) is 18.5. The minimum atomic E-state index is -0.725. The van der Waals surface area contributed by atoms with Crippen LogP contribution in [0.1, 0.15) is 22.3 Å². The van der Waals surface area contributed by atoms with E-state index in [-0.39, 0.29) is 0 Å². The average molecular weight is 352 g/mol. The smallest absolute Gasteiger partial charge is 0.321 e. The maximum absolute atomic E-state index is 12.0. The zero-order chi connectivity index (χ0) is 18.7. The van der Waals surface area contributed by atoms with Gasteiger partial charge in [-0.25, -0.2) is 0 Å². The Morgan fingerprint density at radius 1 is 1.00 bits per heavy atom. The molecule has 4 heteroatoms. The molecule has 1 fully saturated rings. The van der Waals surface area contributed by atoms with Crippen molar-refractivity contribution in [1.82, 2.24) is 4.90 Å². The summed E-state index contributed by atoms with van der Waals surface area (Å²) in [6.07, 6.45) is 0.568. The number of aliphatic carboxylic acids is 1. The third-order valence-corrected chi connectivity index (χ3v) is 5.40. The Hall–Kier alpha value is -2.33. The number of hydrogen-bond acceptors (Lipinski definition) is 3. The molecule has 1 aliphatic rings. The fourth-order valence-corrected chi connectivity index (χ4v) is 4.03. The molecule has 2 aromatic carbocycles. The number of carboxylic acids is 1. The molecule has 1 atom stereocenters. The number of hydrogen-bond donors (Lipinski definition) is 1. The summed E-state index contributed by atoms with van der Waals surface area (Å²) in [5.41, 5.74) is 6.00. The van der Waals surface area contributed by atoms with Crippen molar-refractivity contribution in [3.05, 3.63) is 64.7 Å². The Morgan fingerprint density at radius 3 is 2.12 bits per heavy atom. The Balaban J connectivity index is 1.71. The highest BCUT2D eigenvalue weighted by atomic mass is 16.4. The molecule has 0 bridgehead atoms. The maximum Gasteiger partial charge on any atom is 0.321 e. The fourth-order valence-electron chi connectivity index (χ4n) is 4.03. The molecule has 26 heavy (non-hydrogen) atoms. The highest BCUT2D eigenvalue weighted by molar-refractivity contribution is 5.74. The molecule has 0 aromatic heterocycles. The Kier molecular flexibility index (Phi) is 5.62. The average Bonchev–Trinajstić information content (AvgIpc) is 2.62. The molecule has 0 radical (unpaired) electrons. The second-order valence-electron chi connectivity index (χ2n) is 7.29. The van der Waals surface area contributed by atoms with Gasteiger partial charge in [0.2, 0.25) is 0 Å². The van der Waals surface area contributed by atoms with Crippen LogP contribution in [-0.2, 0) is 11.2 Å². The number of benzene rings is 2. The van der Waals surface area contributed by atoms with Crippen molar-refractivity contribution in [3.8, 4) is 0 Å². The van der Waals surface area contributed by atoms with E-state index in [2.05, 4.69) is 54.8 Å². The van der Waals surface area contributed by atoms with Gasteiger partial charge >= 0.3 is 5.97 Å². The van der Waals surface area contributed by atoms with E-state index >= 15 is 0 Å². The van der Waals surface area contributed by atoms with E-state index in [1.165, 1.54) is 27.9 Å². The highest BCUT2D eigenvalue weighted by Gasteiger charge is 2.30. The van der Waals surface area contributed by atoms with Crippen molar-refractivity contribution in [2.24, 2.45) is 0 Å². The number of anilines is 1. The predicted octanol–water partition coefficient (Wildman–Crippen LogP) is 3.43. The summed E-state index contributed by atoms with van der Waals surface area (Å²) >= 11 is 0. The molecule has 0 unspecified atom stereocenters. The van der Waals surface area contributed by atoms with E-state index in [0.29, 0.717) is 6.42 Å². The quantitative estimate of drug-likeness (QED) is 0.895. The van der Waals surface area contributed by atoms with E-state index in [9.17, 15) is 9.90 Å². The first-order valence-electron chi connectivity index (χ1n) is 9.29. The fraction of sp³-hybridized carbons (Fsp3) is 0.409. The van der Waals surface area contributed by atoms with E-state index in [1.807, 2.05) is 18.2 Å². The van der Waals surface area contributed by atoms with Gasteiger partial charge in [-0.1, -0.05) is 35.9 Å². The molecule has 1 saturated heterocycles. The molecule has 3 rings (SSSR count). The predicted molar refractivity (Wildman–Crippen MR) is 106 cm³/mol. The number of carbonyl (C=O) groups is 1. The Morgan fingerprint density at radius 2 is 1.58 bits per heavy atom. The lowest BCUT2D eigenvalue weighted by atomic mass is 9.93. The van der Waals surface area contributed by atoms with Crippen LogP contribution < -0.4 is 4.90 Å². The standard InChI is InChI=1S/C22H28N2O2/c1-16-13-17(2)20(18(3)14-16)15-21(22(25)26)24-11-9-23(10-12-24)19-7-5-4-6-8-19/h4-8,13-14,21H,9-12,15H2,1-3H3,(H,25,26)/t21-/m0/s1. The van der Waals surface area contributed by atoms with E-state index in [0.717, 1.165) is 26.2 Å². The molecule has 138 valence electrons. The Bertz CT molecular complexity index is 742. The zero-order valence-corrected chi connectivity index (χ0v) is 15.9. The normalized spacial score (nSPS) is 16.5. The van der Waals surface area contributed by atoms with Crippen LogP contribution in [0.4, 0.5) is 5.69 Å². The first-order chi connectivity index (χ1) is 12.5. The Labute approximate surface area is 156 Å². The minimum absolute atomic E-state index is 0.465. The van der Waals surface area contributed by atoms with Crippen LogP contribution in [0.25, 0.3) is 0 Å². The van der Waals surface area contributed by atoms with Gasteiger partial charge in [0.15, 0.2) is 0 Å². The first-order valence-corrected chi connectivity index (χ1v) is 9.29. The largest absolute Gasteiger partial charge is 0.480 e. The van der Waals surface area contributed by atoms with Crippen LogP contribution in [0.3, 0.4) is 0 Å². The van der Waals surface area contributed by atoms with Crippen LogP contribution in [0.15, 0.2) is 42.5 Å². The maximum atomic E-state index is 12.0. The lowest BCUT2D eigenvalue weighted by Gasteiger charge is -2.39. The summed E-state index contributed by atoms with van der Waals surface area (Å²) in [6, 6.07) is 14.2. The molecular formula is C22H28N2O2. The van der Waals surface area contributed by atoms with Crippen molar-refractivity contribution >= 4 is 11.7 Å². The number of nitrogens with zero attached hydrogens (tertiary/aromatic N) is 2. The molecule has 1 heterocycles. The van der Waals surface area contributed by atoms with Gasteiger partial charge in [0.05, 0.1) is 0 Å². The van der Waals surface area contributed by atoms with Gasteiger partial charge in [-0.2, -0.15) is 0 Å². The van der Waals surface area contributed by atoms with Gasteiger partial charge < -0.3 is 10.0 Å². The van der Waals surface area contributed by atoms with Crippen molar-refractivity contribution in [2.45, 2.75) is 33.2 Å². The molecule has 2 aromatic rings. The topological polar surface area (TPSA) is 43.8 Å². The molecule has 1 N–H and O–H groups in total. The van der Waals surface area contributed by atoms with Gasteiger partial charge in [-0.15, -0.1) is 0 Å². The van der Waals surface area contributed by atoms with E-state index < -0.39 is 12.0 Å². The third-order valence-electron chi connectivity index (χ3n) is 5.40. The van der Waals surface area contributed by atoms with Crippen LogP contribution in [0.5, 0.6) is 0 Å². The van der Waals surface area contributed by atoms with Crippen LogP contribution >= 0.6 is 0 Å². The monoisotopic (exact) mass is 352 g/mol. The highest BCUT2D eigenvalue weighted by Crippen LogP contribution is 2.22. The van der Waals surface area contributed by atoms with Crippen molar-refractivity contribution in [2.75, 3.05) is 31.1 Å². The summed E-state index contributed by atoms with van der Waals surface area (Å²) in [7, 11) is 0. The van der Waals surface area contributed by atoms with E-state index in [1.54, 1.807) is 0 Å². The number of carboxylic acid groups (broad SMARTS) is 1. The van der Waals surface area contributed by atoms with Crippen molar-refractivity contribution < 1.29 is 9.90 Å². The number of rotatable bonds is 5. The van der Waals surface area contributed by atoms with Gasteiger partial charge in [0.1, 0.15) is 6.04 Å². The van der Waals surface area contributed by atoms with Crippen molar-refractivity contribution in [3.63, 3.8) is 0 Å². The van der Waals surface area contributed by atoms with Gasteiger partial charge in [0.25, 0.3) is 0 Å². The van der Waals surface area contributed by atoms with Crippen LogP contribution in [0, 0.1) is 20.8 Å². The van der Waals surface area contributed by atoms with Crippen LogP contribution in [0.2, 0.25) is 0 Å². The number of para-hydroxylation sites is 1. The lowest BCUT2D eigenvalue weighted by Crippen LogP contribution is -2.53. The van der Waals surface area contributed by atoms with Gasteiger partial charge in [-0.3, -0.25) is 9.69 Å². The summed E-state index contributed by atoms with van der Waals surface area (Å²) in [5, 5.41) is 9.85. The second-order valence-corrected chi connectivity index (χ2v) is 7.29. The number of piperazine rings is 1. The van der Waals surface area contributed by atoms with Crippen LogP contribution in [-0.4, -0.2) is 48.2 Å². The third kappa shape index (κ3) is 4.07. The molecule has 0 aliphatic carbocycles.